The first-order valence-electron chi connectivity index (χ1n) is 4.66. The predicted molar refractivity (Wildman–Crippen MR) is 51.1 cm³/mol. The number of aryl methyl sites for hydroxylation is 1. The van der Waals surface area contributed by atoms with Crippen LogP contribution in [0.4, 0.5) is 0 Å². The van der Waals surface area contributed by atoms with Gasteiger partial charge in [0, 0.05) is 0 Å². The molecule has 12 heavy (non-hydrogen) atoms. The van der Waals surface area contributed by atoms with Gasteiger partial charge in [0.25, 0.3) is 0 Å². The quantitative estimate of drug-likeness (QED) is 0.646. The fourth-order valence-electron chi connectivity index (χ4n) is 0.773. The minimum Gasteiger partial charge on any atom is -0.452 e. The molecule has 0 aliphatic carbocycles. The Morgan fingerprint density at radius 1 is 1.25 bits per heavy atom. The largest absolute Gasteiger partial charge is 0.452 e. The van der Waals surface area contributed by atoms with E-state index in [1.165, 1.54) is 32.1 Å². The summed E-state index contributed by atoms with van der Waals surface area (Å²) in [5.74, 6) is 0. The number of hydrogen-bond acceptors (Lipinski definition) is 2. The maximum Gasteiger partial charge on any atom is 0.180 e. The zero-order valence-electron chi connectivity index (χ0n) is 8.34. The molecule has 0 fully saturated rings. The van der Waals surface area contributed by atoms with Crippen molar-refractivity contribution in [3.63, 3.8) is 0 Å². The van der Waals surface area contributed by atoms with Crippen LogP contribution in [-0.4, -0.2) is 4.98 Å². The van der Waals surface area contributed by atoms with Gasteiger partial charge >= 0.3 is 0 Å². The third-order valence-electron chi connectivity index (χ3n) is 1.51. The van der Waals surface area contributed by atoms with Crippen LogP contribution in [0.15, 0.2) is 17.1 Å². The Labute approximate surface area is 75.0 Å². The number of rotatable bonds is 3. The van der Waals surface area contributed by atoms with Gasteiger partial charge in [0.05, 0.1) is 5.69 Å². The lowest BCUT2D eigenvalue weighted by atomic mass is 10.2. The maximum absolute atomic E-state index is 4.60. The Hall–Kier alpha value is -0.790. The SMILES string of the molecule is CCCCCC.Cc1cocn1. The highest BCUT2D eigenvalue weighted by Gasteiger charge is 1.77. The molecular formula is C10H19NO. The standard InChI is InChI=1S/C6H14.C4H5NO/c1-3-5-6-4-2;1-4-2-6-3-5-4/h3-6H2,1-2H3;2-3H,1H3. The molecule has 0 unspecified atom stereocenters. The van der Waals surface area contributed by atoms with Crippen molar-refractivity contribution in [1.82, 2.24) is 4.98 Å². The van der Waals surface area contributed by atoms with Crippen molar-refractivity contribution in [2.24, 2.45) is 0 Å². The van der Waals surface area contributed by atoms with E-state index in [1.807, 2.05) is 6.92 Å². The molecule has 0 N–H and O–H groups in total. The van der Waals surface area contributed by atoms with E-state index in [0.29, 0.717) is 0 Å². The van der Waals surface area contributed by atoms with Crippen molar-refractivity contribution in [3.05, 3.63) is 18.4 Å². The molecular weight excluding hydrogens is 150 g/mol. The monoisotopic (exact) mass is 169 g/mol. The molecule has 2 heteroatoms. The van der Waals surface area contributed by atoms with Gasteiger partial charge in [-0.25, -0.2) is 4.98 Å². The molecule has 1 rings (SSSR count). The lowest BCUT2D eigenvalue weighted by Gasteiger charge is -1.86. The van der Waals surface area contributed by atoms with Crippen molar-refractivity contribution < 1.29 is 4.42 Å². The van der Waals surface area contributed by atoms with Crippen LogP contribution in [0.3, 0.4) is 0 Å². The molecule has 0 atom stereocenters. The predicted octanol–water partition coefficient (Wildman–Crippen LogP) is 3.57. The minimum absolute atomic E-state index is 0.926. The third kappa shape index (κ3) is 7.32. The summed E-state index contributed by atoms with van der Waals surface area (Å²) in [4.78, 5) is 3.75. The highest BCUT2D eigenvalue weighted by atomic mass is 16.3. The van der Waals surface area contributed by atoms with E-state index in [1.54, 1.807) is 6.26 Å². The van der Waals surface area contributed by atoms with E-state index in [2.05, 4.69) is 23.2 Å². The van der Waals surface area contributed by atoms with Gasteiger partial charge in [-0.1, -0.05) is 39.5 Å². The van der Waals surface area contributed by atoms with Crippen LogP contribution in [0, 0.1) is 6.92 Å². The molecule has 0 spiro atoms. The van der Waals surface area contributed by atoms with Gasteiger partial charge in [-0.3, -0.25) is 0 Å². The molecule has 0 aliphatic rings. The van der Waals surface area contributed by atoms with Crippen molar-refractivity contribution in [2.75, 3.05) is 0 Å². The highest BCUT2D eigenvalue weighted by Crippen LogP contribution is 1.95. The first-order chi connectivity index (χ1) is 5.81. The van der Waals surface area contributed by atoms with E-state index in [0.717, 1.165) is 5.69 Å². The summed E-state index contributed by atoms with van der Waals surface area (Å²) in [6, 6.07) is 0. The maximum atomic E-state index is 4.60. The van der Waals surface area contributed by atoms with Crippen LogP contribution in [0.25, 0.3) is 0 Å². The summed E-state index contributed by atoms with van der Waals surface area (Å²) >= 11 is 0. The summed E-state index contributed by atoms with van der Waals surface area (Å²) in [6.45, 7) is 6.34. The molecule has 0 amide bonds. The van der Waals surface area contributed by atoms with Gasteiger partial charge in [0.15, 0.2) is 6.39 Å². The van der Waals surface area contributed by atoms with Gasteiger partial charge in [-0.05, 0) is 6.92 Å². The van der Waals surface area contributed by atoms with Gasteiger partial charge in [0.1, 0.15) is 6.26 Å². The van der Waals surface area contributed by atoms with Gasteiger partial charge in [-0.15, -0.1) is 0 Å². The number of aromatic nitrogens is 1. The summed E-state index contributed by atoms with van der Waals surface area (Å²) < 4.78 is 4.60. The lowest BCUT2D eigenvalue weighted by Crippen LogP contribution is -1.66. The number of hydrogen-bond donors (Lipinski definition) is 0. The van der Waals surface area contributed by atoms with Gasteiger partial charge in [-0.2, -0.15) is 0 Å². The molecule has 1 aromatic heterocycles. The molecule has 0 aromatic carbocycles. The second-order valence-electron chi connectivity index (χ2n) is 2.84. The first kappa shape index (κ1) is 11.2. The average molecular weight is 169 g/mol. The molecule has 70 valence electrons. The van der Waals surface area contributed by atoms with E-state index >= 15 is 0 Å². The molecule has 1 heterocycles. The lowest BCUT2D eigenvalue weighted by molar-refractivity contribution is 0.557. The van der Waals surface area contributed by atoms with Crippen molar-refractivity contribution in [2.45, 2.75) is 46.5 Å². The zero-order valence-corrected chi connectivity index (χ0v) is 8.34. The second kappa shape index (κ2) is 8.31. The van der Waals surface area contributed by atoms with Gasteiger partial charge in [0.2, 0.25) is 0 Å². The molecule has 1 aromatic rings. The Morgan fingerprint density at radius 3 is 2.00 bits per heavy atom. The second-order valence-corrected chi connectivity index (χ2v) is 2.84. The molecule has 0 saturated heterocycles. The van der Waals surface area contributed by atoms with Crippen LogP contribution in [-0.2, 0) is 0 Å². The van der Waals surface area contributed by atoms with Crippen LogP contribution in [0.2, 0.25) is 0 Å². The smallest absolute Gasteiger partial charge is 0.180 e. The van der Waals surface area contributed by atoms with Crippen molar-refractivity contribution >= 4 is 0 Å². The Morgan fingerprint density at radius 2 is 1.83 bits per heavy atom. The van der Waals surface area contributed by atoms with Crippen molar-refractivity contribution in [3.8, 4) is 0 Å². The van der Waals surface area contributed by atoms with Crippen LogP contribution >= 0.6 is 0 Å². The van der Waals surface area contributed by atoms with E-state index in [4.69, 9.17) is 0 Å². The Bertz CT molecular complexity index is 154. The highest BCUT2D eigenvalue weighted by molar-refractivity contribution is 4.83. The Balaban J connectivity index is 0.000000202. The number of oxazole rings is 1. The minimum atomic E-state index is 0.926. The average Bonchev–Trinajstić information content (AvgIpc) is 2.53. The summed E-state index contributed by atoms with van der Waals surface area (Å²) in [7, 11) is 0. The fraction of sp³-hybridized carbons (Fsp3) is 0.700. The number of unbranched alkanes of at least 4 members (excludes halogenated alkanes) is 3. The summed E-state index contributed by atoms with van der Waals surface area (Å²) in [5, 5.41) is 0. The zero-order chi connectivity index (χ0) is 9.23. The molecule has 2 nitrogen and oxygen atoms in total. The van der Waals surface area contributed by atoms with E-state index < -0.39 is 0 Å². The normalized spacial score (nSPS) is 8.92. The van der Waals surface area contributed by atoms with Gasteiger partial charge < -0.3 is 4.42 Å². The number of nitrogens with zero attached hydrogens (tertiary/aromatic N) is 1. The van der Waals surface area contributed by atoms with Crippen LogP contribution in [0.5, 0.6) is 0 Å². The van der Waals surface area contributed by atoms with E-state index in [-0.39, 0.29) is 0 Å². The van der Waals surface area contributed by atoms with Crippen LogP contribution < -0.4 is 0 Å². The summed E-state index contributed by atoms with van der Waals surface area (Å²) in [6.07, 6.45) is 8.55. The fourth-order valence-corrected chi connectivity index (χ4v) is 0.773. The van der Waals surface area contributed by atoms with E-state index in [9.17, 15) is 0 Å². The Kier molecular flexibility index (Phi) is 7.76. The van der Waals surface area contributed by atoms with Crippen molar-refractivity contribution in [1.29, 1.82) is 0 Å². The topological polar surface area (TPSA) is 26.0 Å². The molecule has 0 saturated carbocycles. The first-order valence-corrected chi connectivity index (χ1v) is 4.66. The third-order valence-corrected chi connectivity index (χ3v) is 1.51. The molecule has 0 aliphatic heterocycles. The molecule has 0 radical (unpaired) electrons. The molecule has 0 bridgehead atoms. The summed E-state index contributed by atoms with van der Waals surface area (Å²) in [5.41, 5.74) is 0.926. The van der Waals surface area contributed by atoms with Crippen LogP contribution in [0.1, 0.15) is 45.2 Å².